The first-order valence-electron chi connectivity index (χ1n) is 8.34. The van der Waals surface area contributed by atoms with Crippen molar-refractivity contribution < 1.29 is 16.8 Å². The summed E-state index contributed by atoms with van der Waals surface area (Å²) in [6, 6.07) is 12.6. The van der Waals surface area contributed by atoms with Crippen LogP contribution >= 0.6 is 11.8 Å². The maximum absolute atomic E-state index is 12.7. The number of rotatable bonds is 6. The van der Waals surface area contributed by atoms with Crippen LogP contribution in [0, 0.1) is 0 Å². The van der Waals surface area contributed by atoms with Crippen molar-refractivity contribution in [1.29, 1.82) is 0 Å². The van der Waals surface area contributed by atoms with E-state index in [1.54, 1.807) is 23.9 Å². The minimum atomic E-state index is -3.79. The Hall–Kier alpha value is -1.51. The van der Waals surface area contributed by atoms with Gasteiger partial charge < -0.3 is 0 Å². The Morgan fingerprint density at radius 3 is 2.08 bits per heavy atom. The van der Waals surface area contributed by atoms with Crippen molar-refractivity contribution in [2.24, 2.45) is 0 Å². The van der Waals surface area contributed by atoms with Gasteiger partial charge in [0, 0.05) is 16.4 Å². The van der Waals surface area contributed by atoms with Gasteiger partial charge in [-0.1, -0.05) is 25.0 Å². The normalized spacial score (nSPS) is 15.9. The zero-order valence-corrected chi connectivity index (χ0v) is 16.8. The number of anilines is 1. The van der Waals surface area contributed by atoms with E-state index >= 15 is 0 Å². The van der Waals surface area contributed by atoms with Crippen molar-refractivity contribution in [1.82, 2.24) is 0 Å². The van der Waals surface area contributed by atoms with Crippen LogP contribution in [-0.2, 0) is 19.9 Å². The molecule has 0 amide bonds. The molecular formula is C18H21NO4S3. The van der Waals surface area contributed by atoms with Crippen LogP contribution in [-0.4, -0.2) is 28.3 Å². The minimum Gasteiger partial charge on any atom is -0.278 e. The summed E-state index contributed by atoms with van der Waals surface area (Å²) in [4.78, 5) is 1.04. The number of thioether (sulfide) groups is 1. The molecule has 0 heterocycles. The molecule has 1 saturated carbocycles. The minimum absolute atomic E-state index is 0.0329. The second kappa shape index (κ2) is 7.62. The van der Waals surface area contributed by atoms with Crippen LogP contribution in [0.15, 0.2) is 63.2 Å². The van der Waals surface area contributed by atoms with Gasteiger partial charge in [0.05, 0.1) is 15.5 Å². The maximum atomic E-state index is 12.7. The fourth-order valence-electron chi connectivity index (χ4n) is 2.91. The van der Waals surface area contributed by atoms with E-state index in [2.05, 4.69) is 4.72 Å². The molecule has 8 heteroatoms. The van der Waals surface area contributed by atoms with E-state index in [0.29, 0.717) is 10.9 Å². The molecule has 26 heavy (non-hydrogen) atoms. The van der Waals surface area contributed by atoms with Gasteiger partial charge in [0.15, 0.2) is 9.84 Å². The lowest BCUT2D eigenvalue weighted by atomic mass is 10.3. The van der Waals surface area contributed by atoms with Gasteiger partial charge in [0.2, 0.25) is 0 Å². The van der Waals surface area contributed by atoms with Gasteiger partial charge in [-0.25, -0.2) is 16.8 Å². The smallest absolute Gasteiger partial charge is 0.261 e. The van der Waals surface area contributed by atoms with E-state index in [4.69, 9.17) is 0 Å². The van der Waals surface area contributed by atoms with Gasteiger partial charge in [-0.3, -0.25) is 4.72 Å². The van der Waals surface area contributed by atoms with Gasteiger partial charge in [0.1, 0.15) is 0 Å². The molecule has 0 aliphatic heterocycles. The molecule has 2 aromatic carbocycles. The second-order valence-electron chi connectivity index (χ2n) is 6.37. The van der Waals surface area contributed by atoms with Crippen molar-refractivity contribution in [3.05, 3.63) is 48.5 Å². The number of sulfone groups is 1. The van der Waals surface area contributed by atoms with E-state index in [1.165, 1.54) is 37.1 Å². The molecule has 1 fully saturated rings. The molecule has 1 N–H and O–H groups in total. The molecule has 140 valence electrons. The Balaban J connectivity index is 1.83. The highest BCUT2D eigenvalue weighted by Crippen LogP contribution is 2.38. The highest BCUT2D eigenvalue weighted by molar-refractivity contribution is 8.00. The third-order valence-corrected chi connectivity index (χ3v) is 8.21. The second-order valence-corrected chi connectivity index (χ2v) is 11.4. The Kier molecular flexibility index (Phi) is 5.64. The summed E-state index contributed by atoms with van der Waals surface area (Å²) in [6.07, 6.45) is 5.83. The zero-order chi connectivity index (χ0) is 18.8. The summed E-state index contributed by atoms with van der Waals surface area (Å²) in [5.41, 5.74) is 0.552. The van der Waals surface area contributed by atoms with E-state index in [1.807, 2.05) is 12.1 Å². The Morgan fingerprint density at radius 1 is 0.885 bits per heavy atom. The Bertz CT molecular complexity index is 977. The van der Waals surface area contributed by atoms with Crippen molar-refractivity contribution in [2.45, 2.75) is 45.6 Å². The maximum Gasteiger partial charge on any atom is 0.261 e. The quantitative estimate of drug-likeness (QED) is 0.779. The summed E-state index contributed by atoms with van der Waals surface area (Å²) in [6.45, 7) is 0. The number of para-hydroxylation sites is 1. The first-order chi connectivity index (χ1) is 12.3. The lowest BCUT2D eigenvalue weighted by Gasteiger charge is -2.15. The molecule has 0 aromatic heterocycles. The average Bonchev–Trinajstić information content (AvgIpc) is 3.09. The Labute approximate surface area is 159 Å². The predicted molar refractivity (Wildman–Crippen MR) is 105 cm³/mol. The summed E-state index contributed by atoms with van der Waals surface area (Å²) in [5.74, 6) is 0. The summed E-state index contributed by atoms with van der Waals surface area (Å²) < 4.78 is 51.1. The number of sulfonamides is 1. The number of nitrogens with one attached hydrogen (secondary N) is 1. The highest BCUT2D eigenvalue weighted by Gasteiger charge is 2.20. The fraction of sp³-hybridized carbons (Fsp3) is 0.333. The van der Waals surface area contributed by atoms with Gasteiger partial charge in [-0.15, -0.1) is 11.8 Å². The van der Waals surface area contributed by atoms with E-state index in [0.717, 1.165) is 24.0 Å². The van der Waals surface area contributed by atoms with Gasteiger partial charge >= 0.3 is 0 Å². The molecule has 0 unspecified atom stereocenters. The summed E-state index contributed by atoms with van der Waals surface area (Å²) >= 11 is 1.71. The monoisotopic (exact) mass is 411 g/mol. The standard InChI is InChI=1S/C18H21NO4S3/c1-25(20,21)15-10-12-16(13-11-15)26(22,23)19-17-8-4-5-9-18(17)24-14-6-2-3-7-14/h4-5,8-14,19H,2-3,6-7H2,1H3. The molecule has 1 aliphatic rings. The van der Waals surface area contributed by atoms with Gasteiger partial charge in [-0.05, 0) is 49.2 Å². The average molecular weight is 412 g/mol. The van der Waals surface area contributed by atoms with E-state index in [9.17, 15) is 16.8 Å². The largest absolute Gasteiger partial charge is 0.278 e. The number of hydrogen-bond acceptors (Lipinski definition) is 5. The van der Waals surface area contributed by atoms with Crippen molar-refractivity contribution in [2.75, 3.05) is 11.0 Å². The third-order valence-electron chi connectivity index (χ3n) is 4.29. The molecule has 2 aromatic rings. The van der Waals surface area contributed by atoms with Crippen LogP contribution in [0.5, 0.6) is 0 Å². The first kappa shape index (κ1) is 19.3. The highest BCUT2D eigenvalue weighted by atomic mass is 32.2. The van der Waals surface area contributed by atoms with E-state index < -0.39 is 19.9 Å². The van der Waals surface area contributed by atoms with Crippen molar-refractivity contribution in [3.63, 3.8) is 0 Å². The van der Waals surface area contributed by atoms with Crippen molar-refractivity contribution >= 4 is 37.3 Å². The van der Waals surface area contributed by atoms with Crippen LogP contribution in [0.25, 0.3) is 0 Å². The molecule has 0 bridgehead atoms. The van der Waals surface area contributed by atoms with Crippen LogP contribution in [0.1, 0.15) is 25.7 Å². The molecule has 0 atom stereocenters. The fourth-order valence-corrected chi connectivity index (χ4v) is 6.02. The molecule has 1 aliphatic carbocycles. The molecule has 0 radical (unpaired) electrons. The van der Waals surface area contributed by atoms with E-state index in [-0.39, 0.29) is 9.79 Å². The van der Waals surface area contributed by atoms with Crippen molar-refractivity contribution in [3.8, 4) is 0 Å². The molecular weight excluding hydrogens is 390 g/mol. The molecule has 5 nitrogen and oxygen atoms in total. The third kappa shape index (κ3) is 4.61. The molecule has 3 rings (SSSR count). The van der Waals surface area contributed by atoms with Crippen LogP contribution in [0.3, 0.4) is 0 Å². The number of benzene rings is 2. The molecule has 0 spiro atoms. The van der Waals surface area contributed by atoms with Crippen LogP contribution in [0.2, 0.25) is 0 Å². The van der Waals surface area contributed by atoms with Crippen LogP contribution < -0.4 is 4.72 Å². The zero-order valence-electron chi connectivity index (χ0n) is 14.4. The predicted octanol–water partition coefficient (Wildman–Crippen LogP) is 3.93. The number of hydrogen-bond donors (Lipinski definition) is 1. The topological polar surface area (TPSA) is 80.3 Å². The lowest BCUT2D eigenvalue weighted by molar-refractivity contribution is 0.597. The lowest BCUT2D eigenvalue weighted by Crippen LogP contribution is -2.14. The SMILES string of the molecule is CS(=O)(=O)c1ccc(S(=O)(=O)Nc2ccccc2SC2CCCC2)cc1. The Morgan fingerprint density at radius 2 is 1.46 bits per heavy atom. The molecule has 0 saturated heterocycles. The van der Waals surface area contributed by atoms with Crippen LogP contribution in [0.4, 0.5) is 5.69 Å². The van der Waals surface area contributed by atoms with Gasteiger partial charge in [0.25, 0.3) is 10.0 Å². The summed E-state index contributed by atoms with van der Waals surface area (Å²) in [7, 11) is -7.15. The first-order valence-corrected chi connectivity index (χ1v) is 12.6. The van der Waals surface area contributed by atoms with Gasteiger partial charge in [-0.2, -0.15) is 0 Å². The summed E-state index contributed by atoms with van der Waals surface area (Å²) in [5, 5.41) is 0.523.